The highest BCUT2D eigenvalue weighted by atomic mass is 35.5. The Bertz CT molecular complexity index is 268. The lowest BCUT2D eigenvalue weighted by molar-refractivity contribution is -0.143. The molecule has 0 heterocycles. The van der Waals surface area contributed by atoms with E-state index >= 15 is 0 Å². The first-order valence-electron chi connectivity index (χ1n) is 4.53. The van der Waals surface area contributed by atoms with Crippen molar-refractivity contribution in [2.24, 2.45) is 5.73 Å². The fraction of sp³-hybridized carbons (Fsp3) is 0.556. The van der Waals surface area contributed by atoms with E-state index < -0.39 is 24.5 Å². The molecule has 0 aliphatic rings. The van der Waals surface area contributed by atoms with Crippen molar-refractivity contribution in [3.05, 3.63) is 11.7 Å². The normalized spacial score (nSPS) is 11.9. The van der Waals surface area contributed by atoms with E-state index in [4.69, 9.17) is 22.4 Å². The Balaban J connectivity index is 4.55. The number of carboxylic acids is 1. The SMILES string of the molecule is C=C(Cl)N(CC(=O)O)C(=O)[C@@H](N)CCC. The Morgan fingerprint density at radius 3 is 2.47 bits per heavy atom. The van der Waals surface area contributed by atoms with Gasteiger partial charge < -0.3 is 10.8 Å². The number of hydrogen-bond acceptors (Lipinski definition) is 3. The van der Waals surface area contributed by atoms with Crippen LogP contribution in [0.1, 0.15) is 19.8 Å². The predicted octanol–water partition coefficient (Wildman–Crippen LogP) is 0.737. The van der Waals surface area contributed by atoms with Gasteiger partial charge in [0.1, 0.15) is 11.7 Å². The highest BCUT2D eigenvalue weighted by Crippen LogP contribution is 2.10. The van der Waals surface area contributed by atoms with Crippen LogP contribution in [0.2, 0.25) is 0 Å². The van der Waals surface area contributed by atoms with Crippen molar-refractivity contribution in [3.8, 4) is 0 Å². The first-order chi connectivity index (χ1) is 6.90. The summed E-state index contributed by atoms with van der Waals surface area (Å²) >= 11 is 5.52. The minimum absolute atomic E-state index is 0.131. The Morgan fingerprint density at radius 2 is 2.13 bits per heavy atom. The lowest BCUT2D eigenvalue weighted by Gasteiger charge is -2.22. The number of carbonyl (C=O) groups is 2. The standard InChI is InChI=1S/C9H15ClN2O3/c1-3-4-7(11)9(15)12(6(2)10)5-8(13)14/h7H,2-5,11H2,1H3,(H,13,14)/t7-/m0/s1. The van der Waals surface area contributed by atoms with Gasteiger partial charge in [0, 0.05) is 0 Å². The van der Waals surface area contributed by atoms with E-state index in [1.807, 2.05) is 6.92 Å². The molecule has 1 atom stereocenters. The zero-order chi connectivity index (χ0) is 12.0. The average Bonchev–Trinajstić information content (AvgIpc) is 2.12. The van der Waals surface area contributed by atoms with Crippen LogP contribution in [0, 0.1) is 0 Å². The number of hydrogen-bond donors (Lipinski definition) is 2. The van der Waals surface area contributed by atoms with E-state index in [-0.39, 0.29) is 5.16 Å². The number of amides is 1. The topological polar surface area (TPSA) is 83.6 Å². The smallest absolute Gasteiger partial charge is 0.323 e. The lowest BCUT2D eigenvalue weighted by Crippen LogP contribution is -2.44. The molecule has 0 bridgehead atoms. The molecule has 0 fully saturated rings. The average molecular weight is 235 g/mol. The van der Waals surface area contributed by atoms with Crippen molar-refractivity contribution in [1.29, 1.82) is 0 Å². The molecule has 0 aromatic heterocycles. The second-order valence-electron chi connectivity index (χ2n) is 3.09. The zero-order valence-corrected chi connectivity index (χ0v) is 9.33. The summed E-state index contributed by atoms with van der Waals surface area (Å²) in [6.45, 7) is 4.69. The molecule has 0 radical (unpaired) electrons. The molecule has 0 aliphatic carbocycles. The fourth-order valence-electron chi connectivity index (χ4n) is 1.05. The van der Waals surface area contributed by atoms with E-state index in [0.717, 1.165) is 11.3 Å². The van der Waals surface area contributed by atoms with Crippen LogP contribution in [0.15, 0.2) is 11.7 Å². The van der Waals surface area contributed by atoms with Gasteiger partial charge in [-0.2, -0.15) is 0 Å². The van der Waals surface area contributed by atoms with E-state index in [1.54, 1.807) is 0 Å². The molecule has 5 nitrogen and oxygen atoms in total. The molecule has 0 unspecified atom stereocenters. The number of nitrogens with two attached hydrogens (primary N) is 1. The molecule has 0 aromatic carbocycles. The highest BCUT2D eigenvalue weighted by molar-refractivity contribution is 6.30. The van der Waals surface area contributed by atoms with Crippen molar-refractivity contribution in [2.45, 2.75) is 25.8 Å². The predicted molar refractivity (Wildman–Crippen MR) is 57.2 cm³/mol. The number of carbonyl (C=O) groups excluding carboxylic acids is 1. The van der Waals surface area contributed by atoms with Crippen LogP contribution in [-0.4, -0.2) is 34.5 Å². The summed E-state index contributed by atoms with van der Waals surface area (Å²) in [5, 5.41) is 8.43. The van der Waals surface area contributed by atoms with E-state index in [9.17, 15) is 9.59 Å². The van der Waals surface area contributed by atoms with Crippen LogP contribution in [0.4, 0.5) is 0 Å². The Morgan fingerprint density at radius 1 is 1.60 bits per heavy atom. The van der Waals surface area contributed by atoms with Crippen molar-refractivity contribution < 1.29 is 14.7 Å². The third-order valence-corrected chi connectivity index (χ3v) is 1.97. The first kappa shape index (κ1) is 13.9. The monoisotopic (exact) mass is 234 g/mol. The minimum atomic E-state index is -1.16. The van der Waals surface area contributed by atoms with Crippen LogP contribution < -0.4 is 5.73 Å². The Hall–Kier alpha value is -1.07. The largest absolute Gasteiger partial charge is 0.480 e. The molecule has 0 spiro atoms. The highest BCUT2D eigenvalue weighted by Gasteiger charge is 2.23. The molecule has 6 heteroatoms. The molecule has 0 rings (SSSR count). The van der Waals surface area contributed by atoms with Gasteiger partial charge in [-0.3, -0.25) is 14.5 Å². The second kappa shape index (κ2) is 6.42. The summed E-state index contributed by atoms with van der Waals surface area (Å²) in [6.07, 6.45) is 1.22. The molecular formula is C9H15ClN2O3. The summed E-state index contributed by atoms with van der Waals surface area (Å²) < 4.78 is 0. The third kappa shape index (κ3) is 4.80. The van der Waals surface area contributed by atoms with Crippen LogP contribution >= 0.6 is 11.6 Å². The van der Waals surface area contributed by atoms with Crippen molar-refractivity contribution in [2.75, 3.05) is 6.54 Å². The van der Waals surface area contributed by atoms with Gasteiger partial charge in [-0.15, -0.1) is 0 Å². The molecule has 0 aromatic rings. The second-order valence-corrected chi connectivity index (χ2v) is 3.53. The maximum absolute atomic E-state index is 11.6. The summed E-state index contributed by atoms with van der Waals surface area (Å²) in [6, 6.07) is -0.732. The van der Waals surface area contributed by atoms with Gasteiger partial charge in [0.15, 0.2) is 0 Å². The molecule has 1 amide bonds. The van der Waals surface area contributed by atoms with Gasteiger partial charge in [0.25, 0.3) is 0 Å². The Kier molecular flexibility index (Phi) is 5.96. The number of nitrogens with zero attached hydrogens (tertiary/aromatic N) is 1. The van der Waals surface area contributed by atoms with Gasteiger partial charge in [-0.05, 0) is 6.42 Å². The van der Waals surface area contributed by atoms with E-state index in [2.05, 4.69) is 6.58 Å². The summed E-state index contributed by atoms with van der Waals surface area (Å²) in [4.78, 5) is 22.9. The molecule has 0 saturated carbocycles. The molecule has 15 heavy (non-hydrogen) atoms. The quantitative estimate of drug-likeness (QED) is 0.664. The van der Waals surface area contributed by atoms with Crippen LogP contribution in [0.25, 0.3) is 0 Å². The zero-order valence-electron chi connectivity index (χ0n) is 8.57. The third-order valence-electron chi connectivity index (χ3n) is 1.77. The fourth-order valence-corrected chi connectivity index (χ4v) is 1.20. The van der Waals surface area contributed by atoms with Gasteiger partial charge >= 0.3 is 5.97 Å². The molecule has 0 saturated heterocycles. The number of carboxylic acid groups (broad SMARTS) is 1. The summed E-state index contributed by atoms with van der Waals surface area (Å²) in [5.74, 6) is -1.67. The molecule has 3 N–H and O–H groups in total. The minimum Gasteiger partial charge on any atom is -0.480 e. The van der Waals surface area contributed by atoms with Crippen molar-refractivity contribution >= 4 is 23.5 Å². The Labute approximate surface area is 93.5 Å². The molecule has 0 aliphatic heterocycles. The van der Waals surface area contributed by atoms with E-state index in [0.29, 0.717) is 6.42 Å². The maximum Gasteiger partial charge on any atom is 0.323 e. The van der Waals surface area contributed by atoms with Gasteiger partial charge in [0.05, 0.1) is 6.04 Å². The summed E-state index contributed by atoms with van der Waals surface area (Å²) in [5.41, 5.74) is 5.56. The van der Waals surface area contributed by atoms with Crippen LogP contribution in [0.3, 0.4) is 0 Å². The van der Waals surface area contributed by atoms with Gasteiger partial charge in [0.2, 0.25) is 5.91 Å². The lowest BCUT2D eigenvalue weighted by atomic mass is 10.1. The van der Waals surface area contributed by atoms with Crippen LogP contribution in [-0.2, 0) is 9.59 Å². The molecule has 86 valence electrons. The number of aliphatic carboxylic acids is 1. The van der Waals surface area contributed by atoms with Gasteiger partial charge in [-0.1, -0.05) is 31.5 Å². The maximum atomic E-state index is 11.6. The number of rotatable bonds is 6. The van der Waals surface area contributed by atoms with Crippen molar-refractivity contribution in [1.82, 2.24) is 4.90 Å². The van der Waals surface area contributed by atoms with Gasteiger partial charge in [-0.25, -0.2) is 0 Å². The number of halogens is 1. The van der Waals surface area contributed by atoms with Crippen molar-refractivity contribution in [3.63, 3.8) is 0 Å². The first-order valence-corrected chi connectivity index (χ1v) is 4.91. The molecular weight excluding hydrogens is 220 g/mol. The summed E-state index contributed by atoms with van der Waals surface area (Å²) in [7, 11) is 0. The van der Waals surface area contributed by atoms with Crippen LogP contribution in [0.5, 0.6) is 0 Å². The van der Waals surface area contributed by atoms with E-state index in [1.165, 1.54) is 0 Å².